The van der Waals surface area contributed by atoms with Crippen molar-refractivity contribution in [2.75, 3.05) is 0 Å². The minimum Gasteiger partial charge on any atom is -0.325 e. The van der Waals surface area contributed by atoms with Gasteiger partial charge in [-0.2, -0.15) is 0 Å². The average molecular weight is 283 g/mol. The minimum atomic E-state index is -0.281. The van der Waals surface area contributed by atoms with Gasteiger partial charge in [0.15, 0.2) is 0 Å². The Balaban J connectivity index is 2.49. The molecule has 3 N–H and O–H groups in total. The average Bonchev–Trinajstić information content (AvgIpc) is 2.76. The Hall–Kier alpha value is -1.40. The highest BCUT2D eigenvalue weighted by molar-refractivity contribution is 9.10. The van der Waals surface area contributed by atoms with E-state index in [1.807, 2.05) is 0 Å². The first-order valence-electron chi connectivity index (χ1n) is 4.75. The van der Waals surface area contributed by atoms with E-state index < -0.39 is 0 Å². The van der Waals surface area contributed by atoms with Crippen LogP contribution >= 0.6 is 15.9 Å². The van der Waals surface area contributed by atoms with Crippen LogP contribution in [-0.4, -0.2) is 14.4 Å². The number of rotatable bonds is 1. The van der Waals surface area contributed by atoms with Crippen molar-refractivity contribution in [3.63, 3.8) is 0 Å². The van der Waals surface area contributed by atoms with Crippen LogP contribution in [0.3, 0.4) is 0 Å². The SMILES string of the molecule is NCc1[nH]c2nc3ccc(F)cc3n2c1Br. The number of nitrogens with two attached hydrogens (primary N) is 1. The highest BCUT2D eigenvalue weighted by Crippen LogP contribution is 2.25. The molecule has 2 aromatic heterocycles. The maximum Gasteiger partial charge on any atom is 0.213 e. The molecule has 1 aromatic carbocycles. The molecular weight excluding hydrogens is 275 g/mol. The van der Waals surface area contributed by atoms with Crippen LogP contribution in [-0.2, 0) is 6.54 Å². The van der Waals surface area contributed by atoms with Gasteiger partial charge in [-0.05, 0) is 28.1 Å². The topological polar surface area (TPSA) is 59.1 Å². The van der Waals surface area contributed by atoms with Gasteiger partial charge in [0.25, 0.3) is 0 Å². The number of imidazole rings is 2. The molecule has 0 aliphatic rings. The van der Waals surface area contributed by atoms with Gasteiger partial charge in [-0.25, -0.2) is 9.37 Å². The summed E-state index contributed by atoms with van der Waals surface area (Å²) in [6.45, 7) is 0.376. The van der Waals surface area contributed by atoms with Crippen molar-refractivity contribution >= 4 is 32.7 Å². The third kappa shape index (κ3) is 1.20. The first kappa shape index (κ1) is 9.80. The molecule has 0 saturated heterocycles. The number of aromatic amines is 1. The molecule has 3 rings (SSSR count). The molecule has 0 aliphatic carbocycles. The van der Waals surface area contributed by atoms with Crippen LogP contribution in [0.4, 0.5) is 4.39 Å². The lowest BCUT2D eigenvalue weighted by molar-refractivity contribution is 0.629. The van der Waals surface area contributed by atoms with Gasteiger partial charge in [0.05, 0.1) is 16.7 Å². The number of benzene rings is 1. The molecular formula is C10H8BrFN4. The lowest BCUT2D eigenvalue weighted by atomic mass is 10.3. The number of halogens is 2. The van der Waals surface area contributed by atoms with Gasteiger partial charge in [0.2, 0.25) is 5.78 Å². The first-order valence-corrected chi connectivity index (χ1v) is 5.54. The fourth-order valence-corrected chi connectivity index (χ4v) is 2.41. The van der Waals surface area contributed by atoms with Crippen molar-refractivity contribution in [1.82, 2.24) is 14.4 Å². The van der Waals surface area contributed by atoms with Crippen LogP contribution in [0.5, 0.6) is 0 Å². The van der Waals surface area contributed by atoms with E-state index in [4.69, 9.17) is 5.73 Å². The predicted molar refractivity (Wildman–Crippen MR) is 62.6 cm³/mol. The van der Waals surface area contributed by atoms with Crippen molar-refractivity contribution in [1.29, 1.82) is 0 Å². The van der Waals surface area contributed by atoms with Gasteiger partial charge < -0.3 is 10.7 Å². The second-order valence-electron chi connectivity index (χ2n) is 3.50. The maximum absolute atomic E-state index is 13.2. The van der Waals surface area contributed by atoms with Gasteiger partial charge in [-0.15, -0.1) is 0 Å². The van der Waals surface area contributed by atoms with Crippen LogP contribution in [0.2, 0.25) is 0 Å². The highest BCUT2D eigenvalue weighted by Gasteiger charge is 2.13. The van der Waals surface area contributed by atoms with Crippen LogP contribution in [0.15, 0.2) is 22.8 Å². The van der Waals surface area contributed by atoms with Gasteiger partial charge in [-0.1, -0.05) is 0 Å². The second kappa shape index (κ2) is 3.29. The molecule has 6 heteroatoms. The summed E-state index contributed by atoms with van der Waals surface area (Å²) in [5, 5.41) is 0. The van der Waals surface area contributed by atoms with E-state index in [0.29, 0.717) is 12.3 Å². The van der Waals surface area contributed by atoms with Crippen molar-refractivity contribution in [2.45, 2.75) is 6.54 Å². The van der Waals surface area contributed by atoms with Gasteiger partial charge in [0, 0.05) is 12.6 Å². The van der Waals surface area contributed by atoms with Crippen molar-refractivity contribution < 1.29 is 4.39 Å². The molecule has 0 spiro atoms. The minimum absolute atomic E-state index is 0.281. The number of H-pyrrole nitrogens is 1. The monoisotopic (exact) mass is 282 g/mol. The summed E-state index contributed by atoms with van der Waals surface area (Å²) in [5.74, 6) is 0.379. The molecule has 0 atom stereocenters. The Morgan fingerprint density at radius 1 is 1.50 bits per heavy atom. The summed E-state index contributed by atoms with van der Waals surface area (Å²) >= 11 is 3.43. The summed E-state index contributed by atoms with van der Waals surface area (Å²) in [7, 11) is 0. The Morgan fingerprint density at radius 2 is 2.31 bits per heavy atom. The number of aromatic nitrogens is 3. The standard InChI is InChI=1S/C10H8BrFN4/c11-9-7(4-13)15-10-14-6-2-1-5(12)3-8(6)16(9)10/h1-3H,4,13H2,(H,14,15). The molecule has 3 aromatic rings. The smallest absolute Gasteiger partial charge is 0.213 e. The lowest BCUT2D eigenvalue weighted by Crippen LogP contribution is -1.97. The highest BCUT2D eigenvalue weighted by atomic mass is 79.9. The third-order valence-electron chi connectivity index (χ3n) is 2.53. The van der Waals surface area contributed by atoms with E-state index >= 15 is 0 Å². The van der Waals surface area contributed by atoms with E-state index in [0.717, 1.165) is 21.3 Å². The first-order chi connectivity index (χ1) is 7.70. The van der Waals surface area contributed by atoms with Gasteiger partial charge >= 0.3 is 0 Å². The molecule has 0 saturated carbocycles. The molecule has 0 aliphatic heterocycles. The van der Waals surface area contributed by atoms with E-state index in [-0.39, 0.29) is 5.82 Å². The molecule has 0 unspecified atom stereocenters. The zero-order chi connectivity index (χ0) is 11.3. The summed E-state index contributed by atoms with van der Waals surface area (Å²) in [6, 6.07) is 4.50. The number of fused-ring (bicyclic) bond motifs is 3. The third-order valence-corrected chi connectivity index (χ3v) is 3.36. The van der Waals surface area contributed by atoms with Gasteiger partial charge in [-0.3, -0.25) is 4.40 Å². The number of nitrogens with zero attached hydrogens (tertiary/aromatic N) is 2. The molecule has 82 valence electrons. The van der Waals surface area contributed by atoms with Crippen molar-refractivity contribution in [2.24, 2.45) is 5.73 Å². The zero-order valence-corrected chi connectivity index (χ0v) is 9.75. The van der Waals surface area contributed by atoms with Crippen LogP contribution in [0.1, 0.15) is 5.69 Å². The zero-order valence-electron chi connectivity index (χ0n) is 8.17. The van der Waals surface area contributed by atoms with Crippen molar-refractivity contribution in [3.8, 4) is 0 Å². The van der Waals surface area contributed by atoms with Crippen LogP contribution in [0.25, 0.3) is 16.8 Å². The van der Waals surface area contributed by atoms with E-state index in [9.17, 15) is 4.39 Å². The molecule has 0 radical (unpaired) electrons. The summed E-state index contributed by atoms with van der Waals surface area (Å²) in [5.41, 5.74) is 7.88. The predicted octanol–water partition coefficient (Wildman–Crippen LogP) is 2.18. The summed E-state index contributed by atoms with van der Waals surface area (Å²) < 4.78 is 15.8. The molecule has 0 fully saturated rings. The lowest BCUT2D eigenvalue weighted by Gasteiger charge is -1.95. The molecule has 4 nitrogen and oxygen atoms in total. The second-order valence-corrected chi connectivity index (χ2v) is 4.25. The Morgan fingerprint density at radius 3 is 3.06 bits per heavy atom. The largest absolute Gasteiger partial charge is 0.325 e. The summed E-state index contributed by atoms with van der Waals surface area (Å²) in [4.78, 5) is 7.42. The van der Waals surface area contributed by atoms with Crippen LogP contribution < -0.4 is 5.73 Å². The van der Waals surface area contributed by atoms with E-state index in [1.165, 1.54) is 12.1 Å². The number of hydrogen-bond donors (Lipinski definition) is 2. The molecule has 16 heavy (non-hydrogen) atoms. The molecule has 0 amide bonds. The quantitative estimate of drug-likeness (QED) is 0.719. The fourth-order valence-electron chi connectivity index (χ4n) is 1.79. The van der Waals surface area contributed by atoms with E-state index in [1.54, 1.807) is 10.5 Å². The van der Waals surface area contributed by atoms with Gasteiger partial charge in [0.1, 0.15) is 10.4 Å². The normalized spacial score (nSPS) is 11.7. The van der Waals surface area contributed by atoms with Crippen LogP contribution in [0, 0.1) is 5.82 Å². The maximum atomic E-state index is 13.2. The number of nitrogens with one attached hydrogen (secondary N) is 1. The Bertz CT molecular complexity index is 685. The van der Waals surface area contributed by atoms with E-state index in [2.05, 4.69) is 25.9 Å². The Kier molecular flexibility index (Phi) is 2.02. The molecule has 0 bridgehead atoms. The molecule has 2 heterocycles. The van der Waals surface area contributed by atoms with Crippen molar-refractivity contribution in [3.05, 3.63) is 34.3 Å². The Labute approximate surface area is 98.4 Å². The number of hydrogen-bond acceptors (Lipinski definition) is 2. The summed E-state index contributed by atoms with van der Waals surface area (Å²) in [6.07, 6.45) is 0. The fraction of sp³-hybridized carbons (Fsp3) is 0.100.